The summed E-state index contributed by atoms with van der Waals surface area (Å²) in [6.07, 6.45) is 1.46. The predicted octanol–water partition coefficient (Wildman–Crippen LogP) is 3.05. The molecule has 20 heavy (non-hydrogen) atoms. The molecule has 0 amide bonds. The van der Waals surface area contributed by atoms with E-state index >= 15 is 0 Å². The van der Waals surface area contributed by atoms with Crippen molar-refractivity contribution in [2.75, 3.05) is 31.7 Å². The topological polar surface area (TPSA) is 32.7 Å². The molecule has 1 N–H and O–H groups in total. The van der Waals surface area contributed by atoms with E-state index in [0.29, 0.717) is 17.0 Å². The van der Waals surface area contributed by atoms with E-state index in [9.17, 15) is 9.50 Å². The van der Waals surface area contributed by atoms with Crippen LogP contribution in [0, 0.1) is 18.7 Å². The summed E-state index contributed by atoms with van der Waals surface area (Å²) in [6.45, 7) is 5.99. The fourth-order valence-corrected chi connectivity index (χ4v) is 2.76. The summed E-state index contributed by atoms with van der Waals surface area (Å²) in [5, 5.41) is 9.86. The molecule has 1 aliphatic rings. The van der Waals surface area contributed by atoms with Crippen LogP contribution < -0.4 is 4.90 Å². The second kappa shape index (κ2) is 6.55. The van der Waals surface area contributed by atoms with Crippen molar-refractivity contribution in [3.63, 3.8) is 0 Å². The Kier molecular flexibility index (Phi) is 5.00. The fraction of sp³-hybridized carbons (Fsp3) is 0.625. The van der Waals surface area contributed by atoms with Crippen LogP contribution in [0.25, 0.3) is 0 Å². The van der Waals surface area contributed by atoms with Gasteiger partial charge < -0.3 is 14.7 Å². The minimum Gasteiger partial charge on any atom is -0.389 e. The van der Waals surface area contributed by atoms with Gasteiger partial charge in [-0.2, -0.15) is 0 Å². The van der Waals surface area contributed by atoms with E-state index in [0.717, 1.165) is 38.3 Å². The number of aliphatic hydroxyl groups excluding tert-OH is 1. The van der Waals surface area contributed by atoms with Crippen LogP contribution in [0.5, 0.6) is 0 Å². The van der Waals surface area contributed by atoms with Crippen molar-refractivity contribution in [1.29, 1.82) is 0 Å². The Morgan fingerprint density at radius 3 is 2.65 bits per heavy atom. The van der Waals surface area contributed by atoms with Gasteiger partial charge in [0.2, 0.25) is 0 Å². The lowest BCUT2D eigenvalue weighted by atomic mass is 9.98. The van der Waals surface area contributed by atoms with Gasteiger partial charge in [0.05, 0.1) is 6.10 Å². The highest BCUT2D eigenvalue weighted by Crippen LogP contribution is 2.30. The first-order chi connectivity index (χ1) is 9.49. The van der Waals surface area contributed by atoms with E-state index in [1.54, 1.807) is 13.8 Å². The van der Waals surface area contributed by atoms with E-state index in [1.165, 1.54) is 6.07 Å². The van der Waals surface area contributed by atoms with Gasteiger partial charge in [0.25, 0.3) is 0 Å². The van der Waals surface area contributed by atoms with Gasteiger partial charge in [-0.1, -0.05) is 0 Å². The maximum Gasteiger partial charge on any atom is 0.126 e. The molecule has 1 heterocycles. The standard InChI is InChI=1S/C16H24FNO2/c1-11-8-16(14(12(2)19)9-15(11)17)18(3)10-13-4-6-20-7-5-13/h8-9,12-13,19H,4-7,10H2,1-3H3/t12-/m1/s1. The first-order valence-electron chi connectivity index (χ1n) is 7.26. The number of benzene rings is 1. The van der Waals surface area contributed by atoms with Crippen LogP contribution in [0.2, 0.25) is 0 Å². The highest BCUT2D eigenvalue weighted by molar-refractivity contribution is 5.56. The molecule has 1 atom stereocenters. The zero-order chi connectivity index (χ0) is 14.7. The average molecular weight is 281 g/mol. The van der Waals surface area contributed by atoms with Gasteiger partial charge in [-0.25, -0.2) is 4.39 Å². The second-order valence-corrected chi connectivity index (χ2v) is 5.77. The molecule has 2 rings (SSSR count). The van der Waals surface area contributed by atoms with Gasteiger partial charge in [0.1, 0.15) is 5.82 Å². The van der Waals surface area contributed by atoms with Crippen LogP contribution in [0.4, 0.5) is 10.1 Å². The van der Waals surface area contributed by atoms with E-state index in [4.69, 9.17) is 4.74 Å². The van der Waals surface area contributed by atoms with E-state index in [2.05, 4.69) is 4.90 Å². The average Bonchev–Trinajstić information content (AvgIpc) is 2.42. The Balaban J connectivity index is 2.19. The van der Waals surface area contributed by atoms with Crippen molar-refractivity contribution in [1.82, 2.24) is 0 Å². The minimum atomic E-state index is -0.669. The number of aryl methyl sites for hydroxylation is 1. The molecule has 0 bridgehead atoms. The van der Waals surface area contributed by atoms with Crippen LogP contribution in [-0.4, -0.2) is 31.9 Å². The summed E-state index contributed by atoms with van der Waals surface area (Å²) in [6, 6.07) is 3.28. The number of halogens is 1. The lowest BCUT2D eigenvalue weighted by molar-refractivity contribution is 0.0685. The maximum atomic E-state index is 13.7. The molecule has 0 unspecified atom stereocenters. The van der Waals surface area contributed by atoms with Gasteiger partial charge in [0, 0.05) is 38.1 Å². The quantitative estimate of drug-likeness (QED) is 0.920. The van der Waals surface area contributed by atoms with Gasteiger partial charge in [-0.05, 0) is 50.3 Å². The Morgan fingerprint density at radius 2 is 2.05 bits per heavy atom. The molecule has 0 spiro atoms. The highest BCUT2D eigenvalue weighted by atomic mass is 19.1. The Hall–Kier alpha value is -1.13. The van der Waals surface area contributed by atoms with Crippen molar-refractivity contribution >= 4 is 5.69 Å². The van der Waals surface area contributed by atoms with Gasteiger partial charge >= 0.3 is 0 Å². The lowest BCUT2D eigenvalue weighted by Crippen LogP contribution is -2.30. The van der Waals surface area contributed by atoms with Crippen molar-refractivity contribution < 1.29 is 14.2 Å². The number of anilines is 1. The van der Waals surface area contributed by atoms with E-state index in [-0.39, 0.29) is 5.82 Å². The first kappa shape index (κ1) is 15.3. The molecule has 0 aromatic heterocycles. The largest absolute Gasteiger partial charge is 0.389 e. The van der Waals surface area contributed by atoms with Crippen LogP contribution in [0.3, 0.4) is 0 Å². The smallest absolute Gasteiger partial charge is 0.126 e. The zero-order valence-electron chi connectivity index (χ0n) is 12.5. The summed E-state index contributed by atoms with van der Waals surface area (Å²) in [5.41, 5.74) is 2.19. The lowest BCUT2D eigenvalue weighted by Gasteiger charge is -2.30. The van der Waals surface area contributed by atoms with Crippen LogP contribution in [0.1, 0.15) is 37.0 Å². The van der Waals surface area contributed by atoms with E-state index < -0.39 is 6.10 Å². The second-order valence-electron chi connectivity index (χ2n) is 5.77. The normalized spacial score (nSPS) is 18.1. The molecule has 1 aliphatic heterocycles. The predicted molar refractivity (Wildman–Crippen MR) is 78.6 cm³/mol. The van der Waals surface area contributed by atoms with Gasteiger partial charge in [-0.3, -0.25) is 0 Å². The monoisotopic (exact) mass is 281 g/mol. The number of nitrogens with zero attached hydrogens (tertiary/aromatic N) is 1. The minimum absolute atomic E-state index is 0.260. The molecule has 1 saturated heterocycles. The molecule has 4 heteroatoms. The third-order valence-electron chi connectivity index (χ3n) is 4.04. The molecular weight excluding hydrogens is 257 g/mol. The molecule has 3 nitrogen and oxygen atoms in total. The summed E-state index contributed by atoms with van der Waals surface area (Å²) in [5.74, 6) is 0.338. The summed E-state index contributed by atoms with van der Waals surface area (Å²) in [7, 11) is 2.01. The van der Waals surface area contributed by atoms with Crippen molar-refractivity contribution in [3.05, 3.63) is 29.1 Å². The van der Waals surface area contributed by atoms with Crippen molar-refractivity contribution in [2.24, 2.45) is 5.92 Å². The maximum absolute atomic E-state index is 13.7. The third-order valence-corrected chi connectivity index (χ3v) is 4.04. The SMILES string of the molecule is Cc1cc(N(C)CC2CCOCC2)c([C@@H](C)O)cc1F. The highest BCUT2D eigenvalue weighted by Gasteiger charge is 2.19. The molecule has 1 aromatic rings. The van der Waals surface area contributed by atoms with Gasteiger partial charge in [0.15, 0.2) is 0 Å². The van der Waals surface area contributed by atoms with Crippen molar-refractivity contribution in [2.45, 2.75) is 32.8 Å². The molecule has 1 fully saturated rings. The van der Waals surface area contributed by atoms with Gasteiger partial charge in [-0.15, -0.1) is 0 Å². The number of ether oxygens (including phenoxy) is 1. The molecule has 0 saturated carbocycles. The fourth-order valence-electron chi connectivity index (χ4n) is 2.76. The number of aliphatic hydroxyl groups is 1. The summed E-state index contributed by atoms with van der Waals surface area (Å²) >= 11 is 0. The Labute approximate surface area is 120 Å². The summed E-state index contributed by atoms with van der Waals surface area (Å²) < 4.78 is 19.1. The Bertz CT molecular complexity index is 456. The molecule has 112 valence electrons. The Morgan fingerprint density at radius 1 is 1.40 bits per heavy atom. The van der Waals surface area contributed by atoms with Crippen LogP contribution in [0.15, 0.2) is 12.1 Å². The number of rotatable bonds is 4. The van der Waals surface area contributed by atoms with E-state index in [1.807, 2.05) is 13.1 Å². The zero-order valence-corrected chi connectivity index (χ0v) is 12.5. The number of hydrogen-bond donors (Lipinski definition) is 1. The third kappa shape index (κ3) is 3.49. The summed E-state index contributed by atoms with van der Waals surface area (Å²) in [4.78, 5) is 2.13. The molecule has 0 radical (unpaired) electrons. The van der Waals surface area contributed by atoms with Crippen LogP contribution >= 0.6 is 0 Å². The molecule has 1 aromatic carbocycles. The van der Waals surface area contributed by atoms with Crippen molar-refractivity contribution in [3.8, 4) is 0 Å². The molecular formula is C16H24FNO2. The molecule has 0 aliphatic carbocycles. The first-order valence-corrected chi connectivity index (χ1v) is 7.26. The van der Waals surface area contributed by atoms with Crippen LogP contribution in [-0.2, 0) is 4.74 Å². The number of hydrogen-bond acceptors (Lipinski definition) is 3.